The third kappa shape index (κ3) is 1.48. The average Bonchev–Trinajstić information content (AvgIpc) is 2.76. The maximum absolute atomic E-state index is 6.24. The van der Waals surface area contributed by atoms with Gasteiger partial charge in [0.1, 0.15) is 9.98 Å². The molecule has 1 aliphatic carbocycles. The number of hydrogen-bond donors (Lipinski definition) is 1. The number of rotatable bonds is 2. The predicted molar refractivity (Wildman–Crippen MR) is 68.6 cm³/mol. The second-order valence-electron chi connectivity index (χ2n) is 3.91. The van der Waals surface area contributed by atoms with Crippen LogP contribution in [0, 0.1) is 0 Å². The summed E-state index contributed by atoms with van der Waals surface area (Å²) >= 11 is 8.00. The number of aromatic nitrogens is 2. The van der Waals surface area contributed by atoms with E-state index in [4.69, 9.17) is 11.6 Å². The van der Waals surface area contributed by atoms with Crippen molar-refractivity contribution in [3.63, 3.8) is 0 Å². The summed E-state index contributed by atoms with van der Waals surface area (Å²) in [5, 5.41) is 4.79. The first kappa shape index (κ1) is 10.3. The van der Waals surface area contributed by atoms with Crippen molar-refractivity contribution in [2.45, 2.75) is 26.2 Å². The summed E-state index contributed by atoms with van der Waals surface area (Å²) in [4.78, 5) is 11.3. The van der Waals surface area contributed by atoms with E-state index in [1.165, 1.54) is 23.3 Å². The fourth-order valence-corrected chi connectivity index (χ4v) is 3.79. The number of nitrogens with one attached hydrogen (secondary N) is 1. The average molecular weight is 254 g/mol. The van der Waals surface area contributed by atoms with Crippen molar-refractivity contribution in [2.75, 3.05) is 11.9 Å². The number of aryl methyl sites for hydroxylation is 2. The molecule has 84 valence electrons. The van der Waals surface area contributed by atoms with Crippen LogP contribution in [-0.4, -0.2) is 16.5 Å². The SMILES string of the molecule is CCNc1nc(Cl)c2c3c(sc2n1)CCC3. The molecule has 2 aromatic rings. The molecule has 1 aliphatic rings. The number of halogens is 1. The van der Waals surface area contributed by atoms with E-state index in [1.807, 2.05) is 6.92 Å². The Bertz CT molecular complexity index is 550. The largest absolute Gasteiger partial charge is 0.354 e. The van der Waals surface area contributed by atoms with E-state index in [2.05, 4.69) is 15.3 Å². The van der Waals surface area contributed by atoms with Crippen LogP contribution in [0.1, 0.15) is 23.8 Å². The van der Waals surface area contributed by atoms with Crippen molar-refractivity contribution >= 4 is 39.1 Å². The van der Waals surface area contributed by atoms with Gasteiger partial charge in [-0.25, -0.2) is 9.97 Å². The van der Waals surface area contributed by atoms with Crippen LogP contribution in [0.3, 0.4) is 0 Å². The molecule has 16 heavy (non-hydrogen) atoms. The lowest BCUT2D eigenvalue weighted by atomic mass is 10.2. The molecular formula is C11H12ClN3S. The predicted octanol–water partition coefficient (Wildman–Crippen LogP) is 3.27. The van der Waals surface area contributed by atoms with Gasteiger partial charge >= 0.3 is 0 Å². The molecule has 0 aromatic carbocycles. The highest BCUT2D eigenvalue weighted by atomic mass is 35.5. The Morgan fingerprint density at radius 1 is 1.38 bits per heavy atom. The Labute approximate surface area is 103 Å². The zero-order chi connectivity index (χ0) is 11.1. The van der Waals surface area contributed by atoms with Gasteiger partial charge in [-0.15, -0.1) is 11.3 Å². The van der Waals surface area contributed by atoms with E-state index < -0.39 is 0 Å². The van der Waals surface area contributed by atoms with Crippen molar-refractivity contribution in [3.05, 3.63) is 15.6 Å². The molecule has 0 saturated heterocycles. The molecule has 0 aliphatic heterocycles. The number of hydrogen-bond acceptors (Lipinski definition) is 4. The minimum absolute atomic E-state index is 0.598. The first-order valence-electron chi connectivity index (χ1n) is 5.51. The molecular weight excluding hydrogens is 242 g/mol. The van der Waals surface area contributed by atoms with Gasteiger partial charge in [0.2, 0.25) is 5.95 Å². The summed E-state index contributed by atoms with van der Waals surface area (Å²) < 4.78 is 0. The summed E-state index contributed by atoms with van der Waals surface area (Å²) in [6, 6.07) is 0. The minimum Gasteiger partial charge on any atom is -0.354 e. The van der Waals surface area contributed by atoms with Gasteiger partial charge in [0.05, 0.1) is 5.39 Å². The van der Waals surface area contributed by atoms with E-state index in [-0.39, 0.29) is 0 Å². The lowest BCUT2D eigenvalue weighted by molar-refractivity contribution is 0.917. The first-order chi connectivity index (χ1) is 7.79. The second kappa shape index (κ2) is 3.86. The van der Waals surface area contributed by atoms with Crippen LogP contribution < -0.4 is 5.32 Å². The van der Waals surface area contributed by atoms with Gasteiger partial charge in [-0.1, -0.05) is 11.6 Å². The second-order valence-corrected chi connectivity index (χ2v) is 5.35. The van der Waals surface area contributed by atoms with E-state index in [0.717, 1.165) is 23.2 Å². The smallest absolute Gasteiger partial charge is 0.225 e. The van der Waals surface area contributed by atoms with Crippen LogP contribution in [0.2, 0.25) is 5.15 Å². The van der Waals surface area contributed by atoms with Crippen LogP contribution in [0.5, 0.6) is 0 Å². The summed E-state index contributed by atoms with van der Waals surface area (Å²) in [5.74, 6) is 0.639. The highest BCUT2D eigenvalue weighted by molar-refractivity contribution is 7.19. The summed E-state index contributed by atoms with van der Waals surface area (Å²) in [7, 11) is 0. The molecule has 3 rings (SSSR count). The molecule has 0 saturated carbocycles. The molecule has 0 bridgehead atoms. The van der Waals surface area contributed by atoms with E-state index >= 15 is 0 Å². The Morgan fingerprint density at radius 2 is 2.25 bits per heavy atom. The van der Waals surface area contributed by atoms with Crippen molar-refractivity contribution in [3.8, 4) is 0 Å². The Hall–Kier alpha value is -0.870. The first-order valence-corrected chi connectivity index (χ1v) is 6.70. The lowest BCUT2D eigenvalue weighted by Crippen LogP contribution is -2.01. The van der Waals surface area contributed by atoms with Crippen LogP contribution in [0.25, 0.3) is 10.2 Å². The Balaban J connectivity index is 2.22. The number of thiophene rings is 1. The van der Waals surface area contributed by atoms with Crippen molar-refractivity contribution in [1.82, 2.24) is 9.97 Å². The van der Waals surface area contributed by atoms with Gasteiger partial charge in [0.15, 0.2) is 0 Å². The van der Waals surface area contributed by atoms with Crippen LogP contribution >= 0.6 is 22.9 Å². The molecule has 0 fully saturated rings. The molecule has 0 spiro atoms. The maximum atomic E-state index is 6.24. The third-order valence-electron chi connectivity index (χ3n) is 2.86. The summed E-state index contributed by atoms with van der Waals surface area (Å²) in [5.41, 5.74) is 1.38. The summed E-state index contributed by atoms with van der Waals surface area (Å²) in [6.45, 7) is 2.84. The van der Waals surface area contributed by atoms with E-state index in [0.29, 0.717) is 11.1 Å². The summed E-state index contributed by atoms with van der Waals surface area (Å²) in [6.07, 6.45) is 3.53. The van der Waals surface area contributed by atoms with Crippen LogP contribution in [0.15, 0.2) is 0 Å². The maximum Gasteiger partial charge on any atom is 0.225 e. The lowest BCUT2D eigenvalue weighted by Gasteiger charge is -2.02. The molecule has 0 amide bonds. The van der Waals surface area contributed by atoms with Gasteiger partial charge in [0, 0.05) is 11.4 Å². The van der Waals surface area contributed by atoms with E-state index in [1.54, 1.807) is 11.3 Å². The number of anilines is 1. The van der Waals surface area contributed by atoms with Gasteiger partial charge in [-0.3, -0.25) is 0 Å². The minimum atomic E-state index is 0.598. The standard InChI is InChI=1S/C11H12ClN3S/c1-2-13-11-14-9(12)8-6-4-3-5-7(6)16-10(8)15-11/h2-5H2,1H3,(H,13,14,15). The molecule has 2 heterocycles. The fraction of sp³-hybridized carbons (Fsp3) is 0.455. The zero-order valence-electron chi connectivity index (χ0n) is 9.01. The molecule has 1 N–H and O–H groups in total. The number of fused-ring (bicyclic) bond motifs is 3. The van der Waals surface area contributed by atoms with Gasteiger partial charge in [0.25, 0.3) is 0 Å². The topological polar surface area (TPSA) is 37.8 Å². The molecule has 2 aromatic heterocycles. The highest BCUT2D eigenvalue weighted by Gasteiger charge is 2.21. The van der Waals surface area contributed by atoms with Crippen molar-refractivity contribution in [1.29, 1.82) is 0 Å². The van der Waals surface area contributed by atoms with Crippen molar-refractivity contribution in [2.24, 2.45) is 0 Å². The Morgan fingerprint density at radius 3 is 3.06 bits per heavy atom. The Kier molecular flexibility index (Phi) is 2.48. The number of nitrogens with zero attached hydrogens (tertiary/aromatic N) is 2. The monoisotopic (exact) mass is 253 g/mol. The quantitative estimate of drug-likeness (QED) is 0.835. The molecule has 0 radical (unpaired) electrons. The third-order valence-corrected chi connectivity index (χ3v) is 4.31. The molecule has 3 nitrogen and oxygen atoms in total. The van der Waals surface area contributed by atoms with Gasteiger partial charge < -0.3 is 5.32 Å². The van der Waals surface area contributed by atoms with Crippen LogP contribution in [0.4, 0.5) is 5.95 Å². The normalized spacial score (nSPS) is 14.4. The van der Waals surface area contributed by atoms with Crippen molar-refractivity contribution < 1.29 is 0 Å². The highest BCUT2D eigenvalue weighted by Crippen LogP contribution is 2.39. The molecule has 5 heteroatoms. The fourth-order valence-electron chi connectivity index (χ4n) is 2.19. The van der Waals surface area contributed by atoms with Gasteiger partial charge in [-0.05, 0) is 31.7 Å². The van der Waals surface area contributed by atoms with Crippen LogP contribution in [-0.2, 0) is 12.8 Å². The van der Waals surface area contributed by atoms with Gasteiger partial charge in [-0.2, -0.15) is 0 Å². The molecule has 0 atom stereocenters. The molecule has 0 unspecified atom stereocenters. The zero-order valence-corrected chi connectivity index (χ0v) is 10.6. The van der Waals surface area contributed by atoms with E-state index in [9.17, 15) is 0 Å².